The van der Waals surface area contributed by atoms with E-state index in [1.54, 1.807) is 30.0 Å². The van der Waals surface area contributed by atoms with Crippen molar-refractivity contribution in [2.45, 2.75) is 32.5 Å². The molecule has 0 unspecified atom stereocenters. The maximum absolute atomic E-state index is 12.9. The number of aromatic nitrogens is 4. The van der Waals surface area contributed by atoms with Gasteiger partial charge < -0.3 is 4.90 Å². The number of anilines is 1. The van der Waals surface area contributed by atoms with Gasteiger partial charge in [-0.05, 0) is 54.5 Å². The summed E-state index contributed by atoms with van der Waals surface area (Å²) in [6.45, 7) is 3.66. The second-order valence-corrected chi connectivity index (χ2v) is 7.32. The van der Waals surface area contributed by atoms with Gasteiger partial charge >= 0.3 is 6.18 Å². The number of hydrogen-bond donors (Lipinski definition) is 0. The van der Waals surface area contributed by atoms with Crippen LogP contribution in [0.5, 0.6) is 0 Å². The summed E-state index contributed by atoms with van der Waals surface area (Å²) in [6, 6.07) is 8.94. The quantitative estimate of drug-likeness (QED) is 0.591. The third-order valence-corrected chi connectivity index (χ3v) is 5.24. The Bertz CT molecular complexity index is 1170. The average Bonchev–Trinajstić information content (AvgIpc) is 3.39. The van der Waals surface area contributed by atoms with Crippen molar-refractivity contribution in [3.63, 3.8) is 0 Å². The third kappa shape index (κ3) is 3.92. The summed E-state index contributed by atoms with van der Waals surface area (Å²) in [5, 5.41) is 11.8. The van der Waals surface area contributed by atoms with Gasteiger partial charge in [-0.25, -0.2) is 0 Å². The second-order valence-electron chi connectivity index (χ2n) is 7.32. The molecular formula is C21H18F3N5O2. The van der Waals surface area contributed by atoms with E-state index in [-0.39, 0.29) is 23.1 Å². The number of rotatable bonds is 4. The van der Waals surface area contributed by atoms with Gasteiger partial charge in [-0.15, -0.1) is 10.2 Å². The first-order valence-corrected chi connectivity index (χ1v) is 9.57. The highest BCUT2D eigenvalue weighted by molar-refractivity contribution is 6.00. The summed E-state index contributed by atoms with van der Waals surface area (Å²) >= 11 is 0. The van der Waals surface area contributed by atoms with E-state index in [9.17, 15) is 22.8 Å². The first-order valence-electron chi connectivity index (χ1n) is 9.57. The van der Waals surface area contributed by atoms with Crippen LogP contribution in [0.4, 0.5) is 18.9 Å². The minimum Gasteiger partial charge on any atom is -0.312 e. The van der Waals surface area contributed by atoms with Gasteiger partial charge in [0.15, 0.2) is 5.78 Å². The zero-order valence-corrected chi connectivity index (χ0v) is 16.7. The fourth-order valence-electron chi connectivity index (χ4n) is 3.57. The summed E-state index contributed by atoms with van der Waals surface area (Å²) in [6.07, 6.45) is -3.83. The molecule has 1 amide bonds. The molecule has 2 heterocycles. The van der Waals surface area contributed by atoms with Gasteiger partial charge in [0, 0.05) is 30.3 Å². The van der Waals surface area contributed by atoms with Crippen LogP contribution in [0.1, 0.15) is 41.4 Å². The number of tetrazole rings is 1. The number of ketones is 1. The van der Waals surface area contributed by atoms with E-state index >= 15 is 0 Å². The van der Waals surface area contributed by atoms with E-state index in [2.05, 4.69) is 15.4 Å². The predicted octanol–water partition coefficient (Wildman–Crippen LogP) is 3.71. The third-order valence-electron chi connectivity index (χ3n) is 5.24. The van der Waals surface area contributed by atoms with Crippen molar-refractivity contribution >= 4 is 17.4 Å². The van der Waals surface area contributed by atoms with Crippen LogP contribution in [0, 0.1) is 0 Å². The van der Waals surface area contributed by atoms with Crippen molar-refractivity contribution in [2.75, 3.05) is 11.4 Å². The Kier molecular flexibility index (Phi) is 5.08. The molecule has 31 heavy (non-hydrogen) atoms. The Hall–Kier alpha value is -3.56. The minimum absolute atomic E-state index is 0.00296. The van der Waals surface area contributed by atoms with Gasteiger partial charge in [-0.2, -0.15) is 18.0 Å². The smallest absolute Gasteiger partial charge is 0.312 e. The van der Waals surface area contributed by atoms with Crippen molar-refractivity contribution < 1.29 is 22.8 Å². The average molecular weight is 429 g/mol. The van der Waals surface area contributed by atoms with Crippen LogP contribution in [-0.2, 0) is 17.4 Å². The number of halogens is 3. The molecule has 1 aromatic heterocycles. The van der Waals surface area contributed by atoms with Crippen LogP contribution in [0.2, 0.25) is 0 Å². The Morgan fingerprint density at radius 2 is 1.90 bits per heavy atom. The number of Topliss-reactive ketones (excluding diaryl/α,β-unsaturated/α-hetero) is 1. The molecule has 0 bridgehead atoms. The number of hydrogen-bond acceptors (Lipinski definition) is 5. The van der Waals surface area contributed by atoms with Crippen LogP contribution in [0.3, 0.4) is 0 Å². The van der Waals surface area contributed by atoms with Crippen LogP contribution >= 0.6 is 0 Å². The highest BCUT2D eigenvalue weighted by Gasteiger charge is 2.31. The first-order chi connectivity index (χ1) is 14.6. The number of nitrogens with zero attached hydrogens (tertiary/aromatic N) is 5. The molecule has 1 atom stereocenters. The molecule has 1 aliphatic heterocycles. The van der Waals surface area contributed by atoms with Gasteiger partial charge in [0.2, 0.25) is 11.7 Å². The van der Waals surface area contributed by atoms with Crippen molar-refractivity contribution in [1.29, 1.82) is 0 Å². The normalized spacial score (nSPS) is 14.4. The molecule has 3 aromatic rings. The maximum atomic E-state index is 12.9. The van der Waals surface area contributed by atoms with Gasteiger partial charge in [0.1, 0.15) is 6.04 Å². The molecule has 7 nitrogen and oxygen atoms in total. The fraction of sp³-hybridized carbons (Fsp3) is 0.286. The lowest BCUT2D eigenvalue weighted by molar-refractivity contribution is -0.137. The zero-order chi connectivity index (χ0) is 22.3. The molecule has 0 saturated carbocycles. The van der Waals surface area contributed by atoms with Gasteiger partial charge in [0.25, 0.3) is 0 Å². The summed E-state index contributed by atoms with van der Waals surface area (Å²) < 4.78 is 38.8. The molecule has 0 aliphatic carbocycles. The molecule has 4 rings (SSSR count). The van der Waals surface area contributed by atoms with Crippen LogP contribution in [0.25, 0.3) is 11.4 Å². The largest absolute Gasteiger partial charge is 0.416 e. The van der Waals surface area contributed by atoms with E-state index in [1.807, 2.05) is 0 Å². The summed E-state index contributed by atoms with van der Waals surface area (Å²) in [5.41, 5.74) is 1.48. The van der Waals surface area contributed by atoms with Crippen LogP contribution < -0.4 is 4.90 Å². The highest BCUT2D eigenvalue weighted by atomic mass is 19.4. The van der Waals surface area contributed by atoms with Crippen molar-refractivity contribution in [3.8, 4) is 11.4 Å². The maximum Gasteiger partial charge on any atom is 0.416 e. The number of fused-ring (bicyclic) bond motifs is 1. The minimum atomic E-state index is -4.49. The molecule has 160 valence electrons. The van der Waals surface area contributed by atoms with Crippen LogP contribution in [0.15, 0.2) is 42.5 Å². The lowest BCUT2D eigenvalue weighted by Crippen LogP contribution is -2.25. The molecule has 10 heteroatoms. The molecule has 1 aliphatic rings. The molecule has 0 radical (unpaired) electrons. The van der Waals surface area contributed by atoms with Gasteiger partial charge in [-0.1, -0.05) is 12.1 Å². The summed E-state index contributed by atoms with van der Waals surface area (Å²) in [7, 11) is 0. The monoisotopic (exact) mass is 429 g/mol. The van der Waals surface area contributed by atoms with Crippen molar-refractivity contribution in [3.05, 3.63) is 59.2 Å². The van der Waals surface area contributed by atoms with E-state index in [0.717, 1.165) is 28.2 Å². The number of carbonyl (C=O) groups is 2. The lowest BCUT2D eigenvalue weighted by atomic mass is 10.0. The Morgan fingerprint density at radius 1 is 1.13 bits per heavy atom. The molecular weight excluding hydrogens is 411 g/mol. The molecule has 0 saturated heterocycles. The van der Waals surface area contributed by atoms with E-state index in [4.69, 9.17) is 0 Å². The molecule has 0 N–H and O–H groups in total. The number of carbonyl (C=O) groups excluding carboxylic acids is 2. The Labute approximate surface area is 175 Å². The van der Waals surface area contributed by atoms with Crippen molar-refractivity contribution in [2.24, 2.45) is 0 Å². The standard InChI is InChI=1S/C21H18F3N5O2/c1-12(19(31)15-6-7-18-14(10-15)8-9-28(18)13(2)30)29-26-20(25-27-29)16-4-3-5-17(11-16)21(22,23)24/h3-7,10-12H,8-9H2,1-2H3/t12-/m1/s1. The van der Waals surface area contributed by atoms with Gasteiger partial charge in [0.05, 0.1) is 5.56 Å². The molecule has 2 aromatic carbocycles. The number of amides is 1. The predicted molar refractivity (Wildman–Crippen MR) is 105 cm³/mol. The topological polar surface area (TPSA) is 81.0 Å². The fourth-order valence-corrected chi connectivity index (χ4v) is 3.57. The second kappa shape index (κ2) is 7.60. The highest BCUT2D eigenvalue weighted by Crippen LogP contribution is 2.32. The first kappa shape index (κ1) is 20.7. The van der Waals surface area contributed by atoms with Crippen molar-refractivity contribution in [1.82, 2.24) is 20.2 Å². The Morgan fingerprint density at radius 3 is 2.61 bits per heavy atom. The SMILES string of the molecule is CC(=O)N1CCc2cc(C(=O)[C@@H](C)n3nnc(-c4cccc(C(F)(F)F)c4)n3)ccc21. The van der Waals surface area contributed by atoms with E-state index < -0.39 is 17.8 Å². The summed E-state index contributed by atoms with van der Waals surface area (Å²) in [5.74, 6) is -0.325. The number of benzene rings is 2. The Balaban J connectivity index is 1.56. The molecule has 0 spiro atoms. The van der Waals surface area contributed by atoms with Crippen LogP contribution in [-0.4, -0.2) is 38.4 Å². The zero-order valence-electron chi connectivity index (χ0n) is 16.7. The van der Waals surface area contributed by atoms with E-state index in [1.165, 1.54) is 19.1 Å². The van der Waals surface area contributed by atoms with E-state index in [0.29, 0.717) is 18.5 Å². The number of alkyl halides is 3. The van der Waals surface area contributed by atoms with Gasteiger partial charge in [-0.3, -0.25) is 9.59 Å². The lowest BCUT2D eigenvalue weighted by Gasteiger charge is -2.15. The molecule has 0 fully saturated rings. The summed E-state index contributed by atoms with van der Waals surface area (Å²) in [4.78, 5) is 27.4.